The van der Waals surface area contributed by atoms with Crippen LogP contribution in [0.4, 0.5) is 13.2 Å². The summed E-state index contributed by atoms with van der Waals surface area (Å²) in [5.41, 5.74) is 1.46. The third-order valence-corrected chi connectivity index (χ3v) is 2.24. The molecule has 17 heavy (non-hydrogen) atoms. The lowest BCUT2D eigenvalue weighted by molar-refractivity contribution is -0.153. The van der Waals surface area contributed by atoms with Crippen molar-refractivity contribution < 1.29 is 17.9 Å². The van der Waals surface area contributed by atoms with Gasteiger partial charge < -0.3 is 10.1 Å². The predicted molar refractivity (Wildman–Crippen MR) is 60.1 cm³/mol. The summed E-state index contributed by atoms with van der Waals surface area (Å²) in [5, 5.41) is 3.07. The van der Waals surface area contributed by atoms with Gasteiger partial charge in [0.1, 0.15) is 5.75 Å². The molecular formula is C12H16F3NO. The third kappa shape index (κ3) is 4.65. The molecule has 0 aromatic heterocycles. The highest BCUT2D eigenvalue weighted by molar-refractivity contribution is 5.40. The highest BCUT2D eigenvalue weighted by atomic mass is 19.4. The zero-order chi connectivity index (χ0) is 12.9. The standard InChI is InChI=1S/C12H16F3NO/c1-3-16-7-10-6-4-5-9(2)11(10)17-8-12(13,14)15/h4-6,16H,3,7-8H2,1-2H3. The minimum absolute atomic E-state index is 0.325. The van der Waals surface area contributed by atoms with E-state index < -0.39 is 12.8 Å². The Morgan fingerprint density at radius 2 is 2.00 bits per heavy atom. The number of rotatable bonds is 5. The van der Waals surface area contributed by atoms with Gasteiger partial charge in [-0.15, -0.1) is 0 Å². The van der Waals surface area contributed by atoms with Crippen molar-refractivity contribution in [3.63, 3.8) is 0 Å². The normalized spacial score (nSPS) is 11.6. The monoisotopic (exact) mass is 247 g/mol. The molecule has 1 rings (SSSR count). The molecule has 0 amide bonds. The Kier molecular flexibility index (Phi) is 4.81. The smallest absolute Gasteiger partial charge is 0.422 e. The summed E-state index contributed by atoms with van der Waals surface area (Å²) in [5.74, 6) is 0.325. The van der Waals surface area contributed by atoms with Crippen molar-refractivity contribution >= 4 is 0 Å². The first-order valence-corrected chi connectivity index (χ1v) is 5.43. The van der Waals surface area contributed by atoms with Crippen LogP contribution in [0.25, 0.3) is 0 Å². The number of halogens is 3. The number of nitrogens with one attached hydrogen (secondary N) is 1. The molecular weight excluding hydrogens is 231 g/mol. The second-order valence-corrected chi connectivity index (χ2v) is 3.75. The van der Waals surface area contributed by atoms with E-state index in [4.69, 9.17) is 4.74 Å². The van der Waals surface area contributed by atoms with E-state index in [0.717, 1.165) is 12.1 Å². The summed E-state index contributed by atoms with van der Waals surface area (Å²) in [7, 11) is 0. The number of aryl methyl sites for hydroxylation is 1. The number of benzene rings is 1. The molecule has 0 aliphatic rings. The van der Waals surface area contributed by atoms with Gasteiger partial charge in [0.2, 0.25) is 0 Å². The lowest BCUT2D eigenvalue weighted by Crippen LogP contribution is -2.21. The van der Waals surface area contributed by atoms with Crippen molar-refractivity contribution in [2.24, 2.45) is 0 Å². The van der Waals surface area contributed by atoms with Gasteiger partial charge in [-0.1, -0.05) is 25.1 Å². The second kappa shape index (κ2) is 5.91. The third-order valence-electron chi connectivity index (χ3n) is 2.24. The molecule has 0 saturated heterocycles. The highest BCUT2D eigenvalue weighted by Crippen LogP contribution is 2.25. The number of para-hydroxylation sites is 1. The molecule has 1 aromatic rings. The minimum atomic E-state index is -4.31. The molecule has 0 bridgehead atoms. The largest absolute Gasteiger partial charge is 0.484 e. The average molecular weight is 247 g/mol. The Hall–Kier alpha value is -1.23. The van der Waals surface area contributed by atoms with E-state index in [9.17, 15) is 13.2 Å². The first kappa shape index (κ1) is 13.8. The quantitative estimate of drug-likeness (QED) is 0.863. The van der Waals surface area contributed by atoms with Crippen LogP contribution in [-0.4, -0.2) is 19.3 Å². The van der Waals surface area contributed by atoms with Gasteiger partial charge in [0.05, 0.1) is 0 Å². The average Bonchev–Trinajstić information content (AvgIpc) is 2.23. The number of hydrogen-bond donors (Lipinski definition) is 1. The van der Waals surface area contributed by atoms with Crippen LogP contribution in [0.2, 0.25) is 0 Å². The summed E-state index contributed by atoms with van der Waals surface area (Å²) < 4.78 is 41.2. The molecule has 1 aromatic carbocycles. The molecule has 96 valence electrons. The maximum Gasteiger partial charge on any atom is 0.422 e. The van der Waals surface area contributed by atoms with Gasteiger partial charge >= 0.3 is 6.18 Å². The fourth-order valence-electron chi connectivity index (χ4n) is 1.47. The topological polar surface area (TPSA) is 21.3 Å². The van der Waals surface area contributed by atoms with Crippen molar-refractivity contribution in [1.29, 1.82) is 0 Å². The summed E-state index contributed by atoms with van der Waals surface area (Å²) in [6.07, 6.45) is -4.31. The van der Waals surface area contributed by atoms with Crippen LogP contribution in [0.3, 0.4) is 0 Å². The Morgan fingerprint density at radius 1 is 1.29 bits per heavy atom. The Bertz CT molecular complexity index is 363. The van der Waals surface area contributed by atoms with E-state index in [0.29, 0.717) is 17.9 Å². The molecule has 0 unspecified atom stereocenters. The second-order valence-electron chi connectivity index (χ2n) is 3.75. The van der Waals surface area contributed by atoms with Gasteiger partial charge in [-0.05, 0) is 19.0 Å². The fourth-order valence-corrected chi connectivity index (χ4v) is 1.47. The maximum absolute atomic E-state index is 12.1. The lowest BCUT2D eigenvalue weighted by atomic mass is 10.1. The van der Waals surface area contributed by atoms with E-state index in [-0.39, 0.29) is 0 Å². The van der Waals surface area contributed by atoms with Gasteiger partial charge in [-0.25, -0.2) is 0 Å². The van der Waals surface area contributed by atoms with Gasteiger partial charge in [0.25, 0.3) is 0 Å². The van der Waals surface area contributed by atoms with E-state index >= 15 is 0 Å². The van der Waals surface area contributed by atoms with Gasteiger partial charge in [-0.2, -0.15) is 13.2 Å². The molecule has 0 saturated carbocycles. The summed E-state index contributed by atoms with van der Waals surface area (Å²) in [6.45, 7) is 3.68. The first-order valence-electron chi connectivity index (χ1n) is 5.43. The molecule has 0 atom stereocenters. The zero-order valence-electron chi connectivity index (χ0n) is 9.90. The van der Waals surface area contributed by atoms with E-state index in [1.54, 1.807) is 19.1 Å². The van der Waals surface area contributed by atoms with Crippen molar-refractivity contribution in [2.45, 2.75) is 26.6 Å². The summed E-state index contributed by atoms with van der Waals surface area (Å²) in [6, 6.07) is 5.31. The van der Waals surface area contributed by atoms with Crippen LogP contribution in [0.5, 0.6) is 5.75 Å². The fraction of sp³-hybridized carbons (Fsp3) is 0.500. The molecule has 0 aliphatic carbocycles. The van der Waals surface area contributed by atoms with E-state index in [1.807, 2.05) is 13.0 Å². The van der Waals surface area contributed by atoms with E-state index in [1.165, 1.54) is 0 Å². The number of alkyl halides is 3. The summed E-state index contributed by atoms with van der Waals surface area (Å²) in [4.78, 5) is 0. The molecule has 0 fully saturated rings. The highest BCUT2D eigenvalue weighted by Gasteiger charge is 2.29. The SMILES string of the molecule is CCNCc1cccc(C)c1OCC(F)(F)F. The molecule has 1 N–H and O–H groups in total. The number of hydrogen-bond acceptors (Lipinski definition) is 2. The zero-order valence-corrected chi connectivity index (χ0v) is 9.90. The molecule has 0 radical (unpaired) electrons. The predicted octanol–water partition coefficient (Wildman–Crippen LogP) is 3.05. The van der Waals surface area contributed by atoms with Crippen LogP contribution >= 0.6 is 0 Å². The van der Waals surface area contributed by atoms with Crippen molar-refractivity contribution in [2.75, 3.05) is 13.2 Å². The van der Waals surface area contributed by atoms with Crippen LogP contribution in [0.15, 0.2) is 18.2 Å². The first-order chi connectivity index (χ1) is 7.94. The lowest BCUT2D eigenvalue weighted by Gasteiger charge is -2.15. The van der Waals surface area contributed by atoms with Crippen molar-refractivity contribution in [3.8, 4) is 5.75 Å². The molecule has 0 heterocycles. The molecule has 2 nitrogen and oxygen atoms in total. The molecule has 5 heteroatoms. The van der Waals surface area contributed by atoms with Crippen molar-refractivity contribution in [1.82, 2.24) is 5.32 Å². The maximum atomic E-state index is 12.1. The Balaban J connectivity index is 2.80. The van der Waals surface area contributed by atoms with Gasteiger partial charge in [0, 0.05) is 12.1 Å². The Labute approximate surface area is 98.8 Å². The van der Waals surface area contributed by atoms with Crippen molar-refractivity contribution in [3.05, 3.63) is 29.3 Å². The molecule has 0 aliphatic heterocycles. The van der Waals surface area contributed by atoms with Crippen LogP contribution in [0, 0.1) is 6.92 Å². The van der Waals surface area contributed by atoms with Crippen LogP contribution in [0.1, 0.15) is 18.1 Å². The van der Waals surface area contributed by atoms with Crippen LogP contribution in [-0.2, 0) is 6.54 Å². The minimum Gasteiger partial charge on any atom is -0.484 e. The van der Waals surface area contributed by atoms with E-state index in [2.05, 4.69) is 5.32 Å². The molecule has 0 spiro atoms. The summed E-state index contributed by atoms with van der Waals surface area (Å²) >= 11 is 0. The van der Waals surface area contributed by atoms with Gasteiger partial charge in [-0.3, -0.25) is 0 Å². The number of ether oxygens (including phenoxy) is 1. The van der Waals surface area contributed by atoms with Gasteiger partial charge in [0.15, 0.2) is 6.61 Å². The Morgan fingerprint density at radius 3 is 2.59 bits per heavy atom. The van der Waals surface area contributed by atoms with Crippen LogP contribution < -0.4 is 10.1 Å².